The first kappa shape index (κ1) is 11.7. The van der Waals surface area contributed by atoms with E-state index < -0.39 is 6.10 Å². The molecule has 2 aliphatic rings. The molecule has 0 aliphatic heterocycles. The summed E-state index contributed by atoms with van der Waals surface area (Å²) >= 11 is 0. The van der Waals surface area contributed by atoms with E-state index in [1.807, 2.05) is 24.3 Å². The maximum atomic E-state index is 11.7. The van der Waals surface area contributed by atoms with Crippen molar-refractivity contribution in [2.45, 2.75) is 32.8 Å². The summed E-state index contributed by atoms with van der Waals surface area (Å²) in [5, 5.41) is 10.6. The van der Waals surface area contributed by atoms with Crippen LogP contribution in [-0.2, 0) is 4.79 Å². The second-order valence-electron chi connectivity index (χ2n) is 5.97. The van der Waals surface area contributed by atoms with Crippen LogP contribution in [0.5, 0.6) is 0 Å². The highest BCUT2D eigenvalue weighted by atomic mass is 16.3. The fourth-order valence-corrected chi connectivity index (χ4v) is 3.42. The van der Waals surface area contributed by atoms with Crippen LogP contribution in [-0.4, -0.2) is 10.9 Å². The van der Waals surface area contributed by atoms with Gasteiger partial charge in [0.25, 0.3) is 0 Å². The van der Waals surface area contributed by atoms with Crippen LogP contribution in [0.4, 0.5) is 0 Å². The van der Waals surface area contributed by atoms with Gasteiger partial charge >= 0.3 is 0 Å². The highest BCUT2D eigenvalue weighted by Crippen LogP contribution is 2.54. The van der Waals surface area contributed by atoms with Crippen molar-refractivity contribution in [1.82, 2.24) is 0 Å². The van der Waals surface area contributed by atoms with E-state index >= 15 is 0 Å². The van der Waals surface area contributed by atoms with Crippen molar-refractivity contribution in [2.24, 2.45) is 11.3 Å². The van der Waals surface area contributed by atoms with Crippen LogP contribution in [0.15, 0.2) is 30.3 Å². The van der Waals surface area contributed by atoms with E-state index in [4.69, 9.17) is 0 Å². The van der Waals surface area contributed by atoms with Crippen molar-refractivity contribution in [3.05, 3.63) is 41.5 Å². The molecule has 0 saturated carbocycles. The van der Waals surface area contributed by atoms with Gasteiger partial charge in [0.2, 0.25) is 0 Å². The van der Waals surface area contributed by atoms with Gasteiger partial charge in [0.15, 0.2) is 5.78 Å². The van der Waals surface area contributed by atoms with E-state index in [9.17, 15) is 9.90 Å². The van der Waals surface area contributed by atoms with Gasteiger partial charge in [0.05, 0.1) is 6.10 Å². The third kappa shape index (κ3) is 1.49. The monoisotopic (exact) mass is 242 g/mol. The summed E-state index contributed by atoms with van der Waals surface area (Å²) in [7, 11) is 0. The van der Waals surface area contributed by atoms with E-state index in [1.165, 1.54) is 0 Å². The Bertz CT molecular complexity index is 540. The molecule has 0 unspecified atom stereocenters. The molecular weight excluding hydrogens is 224 g/mol. The minimum Gasteiger partial charge on any atom is -0.388 e. The molecule has 2 heteroatoms. The standard InChI is InChI=1S/C16H18O2/c1-16(2)14-8-7-10(17)9-13(14)11-5-3-4-6-12(11)15(16)18/h3-6,9,14-15,18H,7-8H2,1-2H3/t14-,15+/m1/s1. The lowest BCUT2D eigenvalue weighted by atomic mass is 9.59. The molecule has 3 rings (SSSR count). The zero-order valence-electron chi connectivity index (χ0n) is 10.8. The number of carbonyl (C=O) groups excluding carboxylic acids is 1. The Morgan fingerprint density at radius 1 is 1.28 bits per heavy atom. The number of hydrogen-bond donors (Lipinski definition) is 1. The second-order valence-corrected chi connectivity index (χ2v) is 5.97. The normalized spacial score (nSPS) is 29.3. The van der Waals surface area contributed by atoms with Gasteiger partial charge < -0.3 is 5.11 Å². The third-order valence-electron chi connectivity index (χ3n) is 4.54. The lowest BCUT2D eigenvalue weighted by molar-refractivity contribution is -0.115. The Labute approximate surface area is 107 Å². The van der Waals surface area contributed by atoms with Gasteiger partial charge in [0.1, 0.15) is 0 Å². The Hall–Kier alpha value is -1.41. The van der Waals surface area contributed by atoms with Crippen LogP contribution in [0, 0.1) is 11.3 Å². The van der Waals surface area contributed by atoms with Gasteiger partial charge in [-0.3, -0.25) is 4.79 Å². The SMILES string of the molecule is CC1(C)[C@@H]2CCC(=O)C=C2c2ccccc2[C@@H]1O. The average Bonchev–Trinajstić information content (AvgIpc) is 2.36. The number of aliphatic hydroxyl groups is 1. The molecule has 0 amide bonds. The minimum absolute atomic E-state index is 0.207. The van der Waals surface area contributed by atoms with Gasteiger partial charge in [-0.05, 0) is 35.1 Å². The van der Waals surface area contributed by atoms with Crippen molar-refractivity contribution in [1.29, 1.82) is 0 Å². The smallest absolute Gasteiger partial charge is 0.156 e. The number of allylic oxidation sites excluding steroid dienone is 2. The summed E-state index contributed by atoms with van der Waals surface area (Å²) in [5.74, 6) is 0.489. The van der Waals surface area contributed by atoms with Crippen LogP contribution in [0.1, 0.15) is 43.9 Å². The Morgan fingerprint density at radius 2 is 2.00 bits per heavy atom. The molecule has 2 atom stereocenters. The van der Waals surface area contributed by atoms with Crippen LogP contribution in [0.25, 0.3) is 5.57 Å². The number of carbonyl (C=O) groups is 1. The Kier molecular flexibility index (Phi) is 2.46. The molecule has 1 aromatic carbocycles. The number of fused-ring (bicyclic) bond motifs is 3. The summed E-state index contributed by atoms with van der Waals surface area (Å²) in [6, 6.07) is 7.91. The van der Waals surface area contributed by atoms with Crippen molar-refractivity contribution < 1.29 is 9.90 Å². The lowest BCUT2D eigenvalue weighted by Crippen LogP contribution is -2.38. The number of rotatable bonds is 0. The topological polar surface area (TPSA) is 37.3 Å². The number of aliphatic hydroxyl groups excluding tert-OH is 1. The first-order valence-electron chi connectivity index (χ1n) is 6.53. The van der Waals surface area contributed by atoms with Gasteiger partial charge in [-0.2, -0.15) is 0 Å². The van der Waals surface area contributed by atoms with Crippen LogP contribution < -0.4 is 0 Å². The van der Waals surface area contributed by atoms with E-state index in [0.29, 0.717) is 6.42 Å². The highest BCUT2D eigenvalue weighted by molar-refractivity contribution is 5.99. The third-order valence-corrected chi connectivity index (χ3v) is 4.54. The molecule has 0 heterocycles. The molecule has 2 aliphatic carbocycles. The fraction of sp³-hybridized carbons (Fsp3) is 0.438. The second kappa shape index (κ2) is 3.79. The molecule has 0 spiro atoms. The predicted octanol–water partition coefficient (Wildman–Crippen LogP) is 3.12. The van der Waals surface area contributed by atoms with Crippen LogP contribution >= 0.6 is 0 Å². The van der Waals surface area contributed by atoms with Gasteiger partial charge in [-0.1, -0.05) is 38.1 Å². The van der Waals surface area contributed by atoms with E-state index in [0.717, 1.165) is 23.1 Å². The molecule has 1 aromatic rings. The zero-order chi connectivity index (χ0) is 12.9. The quantitative estimate of drug-likeness (QED) is 0.759. The molecule has 94 valence electrons. The van der Waals surface area contributed by atoms with Gasteiger partial charge in [-0.15, -0.1) is 0 Å². The minimum atomic E-state index is -0.455. The van der Waals surface area contributed by atoms with Crippen LogP contribution in [0.3, 0.4) is 0 Å². The van der Waals surface area contributed by atoms with E-state index in [-0.39, 0.29) is 17.1 Å². The molecular formula is C16H18O2. The molecule has 0 bridgehead atoms. The number of benzene rings is 1. The number of hydrogen-bond acceptors (Lipinski definition) is 2. The molecule has 2 nitrogen and oxygen atoms in total. The molecule has 0 fully saturated rings. The summed E-state index contributed by atoms with van der Waals surface area (Å²) in [4.78, 5) is 11.7. The predicted molar refractivity (Wildman–Crippen MR) is 70.9 cm³/mol. The zero-order valence-corrected chi connectivity index (χ0v) is 10.8. The summed E-state index contributed by atoms with van der Waals surface area (Å²) in [6.07, 6.45) is 2.79. The first-order chi connectivity index (χ1) is 8.51. The number of ketones is 1. The average molecular weight is 242 g/mol. The highest BCUT2D eigenvalue weighted by Gasteiger charge is 2.45. The summed E-state index contributed by atoms with van der Waals surface area (Å²) in [6.45, 7) is 4.20. The Morgan fingerprint density at radius 3 is 2.78 bits per heavy atom. The van der Waals surface area contributed by atoms with Gasteiger partial charge in [0, 0.05) is 11.8 Å². The molecule has 1 N–H and O–H groups in total. The van der Waals surface area contributed by atoms with Crippen LogP contribution in [0.2, 0.25) is 0 Å². The van der Waals surface area contributed by atoms with Crippen molar-refractivity contribution in [3.63, 3.8) is 0 Å². The largest absolute Gasteiger partial charge is 0.388 e. The van der Waals surface area contributed by atoms with E-state index in [1.54, 1.807) is 6.08 Å². The maximum absolute atomic E-state index is 11.7. The van der Waals surface area contributed by atoms with Crippen molar-refractivity contribution in [2.75, 3.05) is 0 Å². The summed E-state index contributed by atoms with van der Waals surface area (Å²) in [5.41, 5.74) is 2.93. The fourth-order valence-electron chi connectivity index (χ4n) is 3.42. The lowest BCUT2D eigenvalue weighted by Gasteiger charge is -2.46. The summed E-state index contributed by atoms with van der Waals surface area (Å²) < 4.78 is 0. The van der Waals surface area contributed by atoms with Crippen molar-refractivity contribution in [3.8, 4) is 0 Å². The molecule has 18 heavy (non-hydrogen) atoms. The van der Waals surface area contributed by atoms with E-state index in [2.05, 4.69) is 13.8 Å². The molecule has 0 aromatic heterocycles. The van der Waals surface area contributed by atoms with Crippen molar-refractivity contribution >= 4 is 11.4 Å². The Balaban J connectivity index is 2.25. The first-order valence-corrected chi connectivity index (χ1v) is 6.53. The molecule has 0 radical (unpaired) electrons. The molecule has 0 saturated heterocycles. The maximum Gasteiger partial charge on any atom is 0.156 e. The van der Waals surface area contributed by atoms with Gasteiger partial charge in [-0.25, -0.2) is 0 Å².